The third-order valence-electron chi connectivity index (χ3n) is 30.7. The molecule has 0 saturated heterocycles. The first-order valence-corrected chi connectivity index (χ1v) is 37.0. The van der Waals surface area contributed by atoms with Gasteiger partial charge in [-0.25, -0.2) is 9.59 Å². The average Bonchev–Trinajstić information content (AvgIpc) is 1.04. The van der Waals surface area contributed by atoms with Crippen LogP contribution in [-0.2, 0) is 38.2 Å². The Kier molecular flexibility index (Phi) is 20.3. The largest absolute Gasteiger partial charge is 0.467 e. The molecule has 0 aromatic carbocycles. The zero-order valence-corrected chi connectivity index (χ0v) is 60.9. The predicted octanol–water partition coefficient (Wildman–Crippen LogP) is 16.0. The van der Waals surface area contributed by atoms with E-state index < -0.39 is 23.7 Å². The van der Waals surface area contributed by atoms with Gasteiger partial charge in [0, 0.05) is 36.8 Å². The molecule has 92 heavy (non-hydrogen) atoms. The minimum absolute atomic E-state index is 0.0365. The van der Waals surface area contributed by atoms with Gasteiger partial charge in [0.15, 0.2) is 0 Å². The van der Waals surface area contributed by atoms with E-state index in [0.29, 0.717) is 110 Å². The summed E-state index contributed by atoms with van der Waals surface area (Å²) in [5.74, 6) is 5.43. The molecule has 5 N–H and O–H groups in total. The smallest absolute Gasteiger partial charge is 0.408 e. The molecule has 0 aromatic heterocycles. The van der Waals surface area contributed by atoms with Gasteiger partial charge in [-0.2, -0.15) is 0 Å². The van der Waals surface area contributed by atoms with Crippen molar-refractivity contribution in [3.05, 3.63) is 24.3 Å². The molecular weight excluding hydrogens is 1150 g/mol. The van der Waals surface area contributed by atoms with E-state index in [2.05, 4.69) is 112 Å². The molecule has 13 heteroatoms. The number of unbranched alkanes of at least 4 members (excludes halogenated alkanes) is 2. The maximum absolute atomic E-state index is 14.5. The molecule has 0 aliphatic heterocycles. The number of carbonyl (C=O) groups excluding carboxylic acids is 7. The van der Waals surface area contributed by atoms with E-state index in [1.54, 1.807) is 27.7 Å². The van der Waals surface area contributed by atoms with Gasteiger partial charge in [-0.15, -0.1) is 0 Å². The summed E-state index contributed by atoms with van der Waals surface area (Å²) in [5.41, 5.74) is 7.65. The van der Waals surface area contributed by atoms with Crippen LogP contribution in [0.5, 0.6) is 0 Å². The highest BCUT2D eigenvalue weighted by Crippen LogP contribution is 2.80. The van der Waals surface area contributed by atoms with Crippen LogP contribution in [0.3, 0.4) is 0 Å². The lowest BCUT2D eigenvalue weighted by molar-refractivity contribution is -0.233. The number of Topliss-reactive ketones (excluding diaryl/α,β-unsaturated/α-hetero) is 3. The van der Waals surface area contributed by atoms with Gasteiger partial charge in [0.25, 0.3) is 0 Å². The fraction of sp³-hybridized carbons (Fsp3) is 0.861. The van der Waals surface area contributed by atoms with Gasteiger partial charge in [0.1, 0.15) is 29.0 Å². The maximum atomic E-state index is 14.5. The molecular formula is C79H128N4O9. The van der Waals surface area contributed by atoms with Crippen molar-refractivity contribution in [3.63, 3.8) is 0 Å². The highest BCUT2D eigenvalue weighted by Gasteiger charge is 2.74. The summed E-state index contributed by atoms with van der Waals surface area (Å²) in [6.07, 6.45) is 24.4. The number of rotatable bonds is 17. The van der Waals surface area contributed by atoms with Gasteiger partial charge in [0.05, 0.1) is 24.0 Å². The van der Waals surface area contributed by atoms with Crippen molar-refractivity contribution in [2.75, 3.05) is 20.2 Å². The molecule has 10 rings (SSSR count). The number of amides is 3. The standard InChI is InChI=1S/C42H68N2O6.C37H60N2O3/c1-26(2)27-17-22-42(35(47)43-25-13-12-14-29(34(46)49-11)44-36(48)50-37(3,4)5)24-23-40(9)28(33(27)42)15-16-31-39(8)20-19-32(45)38(6,7)30(39)18-21-41(31,40)10;1-23(2)25-14-19-37(32(42)39-22-10-9-11-27(38)24(3)40)21-20-35(7)26(31(25)37)12-13-29-34(6)17-16-30(41)33(4,5)28(34)15-18-36(29,35)8/h27-31,33H,1,12-25H2,2-11H3,(H,43,47)(H,44,48);25-29,31H,1,9-22,38H2,2-8H3,(H,39,42)/t27?,28-,29?,30+,31-,33?,39+,40-,41-,42?;25?,26-,27?,28+,29-,31?,34+,35-,36-,37?/m11/s1. The molecule has 0 heterocycles. The Bertz CT molecular complexity index is 2870. The summed E-state index contributed by atoms with van der Waals surface area (Å²) in [7, 11) is 1.31. The van der Waals surface area contributed by atoms with E-state index in [1.807, 2.05) is 0 Å². The van der Waals surface area contributed by atoms with Crippen molar-refractivity contribution < 1.29 is 43.0 Å². The molecule has 0 aromatic rings. The van der Waals surface area contributed by atoms with E-state index >= 15 is 0 Å². The molecule has 20 atom stereocenters. The number of carbonyl (C=O) groups is 7. The Labute approximate surface area is 556 Å². The molecule has 10 aliphatic rings. The first-order valence-electron chi connectivity index (χ1n) is 37.0. The minimum Gasteiger partial charge on any atom is -0.467 e. The fourth-order valence-corrected chi connectivity index (χ4v) is 25.4. The molecule has 8 unspecified atom stereocenters. The molecule has 0 spiro atoms. The van der Waals surface area contributed by atoms with Gasteiger partial charge >= 0.3 is 12.1 Å². The number of nitrogens with one attached hydrogen (secondary N) is 3. The quantitative estimate of drug-likeness (QED) is 0.0617. The summed E-state index contributed by atoms with van der Waals surface area (Å²) >= 11 is 0. The minimum atomic E-state index is -0.801. The molecule has 10 saturated carbocycles. The number of ketones is 3. The fourth-order valence-electron chi connectivity index (χ4n) is 25.4. The number of methoxy groups -OCH3 is 1. The Hall–Kier alpha value is -3.87. The monoisotopic (exact) mass is 1280 g/mol. The number of nitrogens with two attached hydrogens (primary N) is 1. The Morgan fingerprint density at radius 3 is 1.33 bits per heavy atom. The van der Waals surface area contributed by atoms with Crippen molar-refractivity contribution in [1.29, 1.82) is 0 Å². The lowest BCUT2D eigenvalue weighted by Gasteiger charge is -2.72. The van der Waals surface area contributed by atoms with Crippen molar-refractivity contribution in [2.24, 2.45) is 119 Å². The van der Waals surface area contributed by atoms with E-state index in [1.165, 1.54) is 50.4 Å². The third-order valence-corrected chi connectivity index (χ3v) is 30.7. The molecule has 10 aliphatic carbocycles. The summed E-state index contributed by atoms with van der Waals surface area (Å²) in [5, 5.41) is 9.40. The molecule has 518 valence electrons. The van der Waals surface area contributed by atoms with E-state index in [9.17, 15) is 33.6 Å². The molecule has 13 nitrogen and oxygen atoms in total. The second kappa shape index (κ2) is 25.8. The second-order valence-corrected chi connectivity index (χ2v) is 36.4. The Balaban J connectivity index is 0.000000221. The Morgan fingerprint density at radius 2 is 0.946 bits per heavy atom. The van der Waals surface area contributed by atoms with Crippen molar-refractivity contribution in [1.82, 2.24) is 16.0 Å². The molecule has 3 amide bonds. The van der Waals surface area contributed by atoms with Gasteiger partial charge in [-0.1, -0.05) is 93.5 Å². The van der Waals surface area contributed by atoms with Crippen LogP contribution in [0.15, 0.2) is 24.3 Å². The Morgan fingerprint density at radius 1 is 0.533 bits per heavy atom. The number of alkyl carbamates (subject to hydrolysis) is 1. The van der Waals surface area contributed by atoms with Crippen LogP contribution < -0.4 is 21.7 Å². The molecule has 0 radical (unpaired) electrons. The van der Waals surface area contributed by atoms with Crippen LogP contribution in [0.25, 0.3) is 0 Å². The zero-order valence-electron chi connectivity index (χ0n) is 60.9. The van der Waals surface area contributed by atoms with Gasteiger partial charge in [-0.05, 0) is 287 Å². The van der Waals surface area contributed by atoms with Crippen LogP contribution in [0.1, 0.15) is 278 Å². The number of esters is 1. The van der Waals surface area contributed by atoms with Crippen LogP contribution in [-0.4, -0.2) is 79.1 Å². The van der Waals surface area contributed by atoms with Crippen LogP contribution >= 0.6 is 0 Å². The van der Waals surface area contributed by atoms with Crippen molar-refractivity contribution in [2.45, 2.75) is 295 Å². The summed E-state index contributed by atoms with van der Waals surface area (Å²) in [6, 6.07) is -1.19. The number of hydrogen-bond acceptors (Lipinski definition) is 10. The highest BCUT2D eigenvalue weighted by atomic mass is 16.6. The summed E-state index contributed by atoms with van der Waals surface area (Å²) < 4.78 is 10.3. The zero-order chi connectivity index (χ0) is 68.0. The third kappa shape index (κ3) is 11.9. The summed E-state index contributed by atoms with van der Waals surface area (Å²) in [4.78, 5) is 91.1. The average molecular weight is 1280 g/mol. The normalized spacial score (nSPS) is 41.8. The van der Waals surface area contributed by atoms with Crippen molar-refractivity contribution in [3.8, 4) is 0 Å². The SMILES string of the molecule is C=C(C)C1CCC2(C(=O)NCCCCC(N)C(C)=O)CC[C@]3(C)[C@H](CC[C@@H]4[C@@]5(C)CCC(=O)C(C)(C)[C@@H]5CC[C@]43C)C12.C=C(C)C1CCC2(C(=O)NCCCCC(NC(=O)OC(C)(C)C)C(=O)OC)CC[C@]3(C)[C@H](CC[C@@H]4[C@@]5(C)CCC(=O)C(C)(C)[C@@H]5CC[C@]43C)C12. The number of hydrogen-bond donors (Lipinski definition) is 4. The first kappa shape index (κ1) is 72.4. The topological polar surface area (TPSA) is 200 Å². The highest BCUT2D eigenvalue weighted by molar-refractivity contribution is 5.87. The van der Waals surface area contributed by atoms with Crippen LogP contribution in [0.4, 0.5) is 4.79 Å². The lowest BCUT2D eigenvalue weighted by Crippen LogP contribution is -2.67. The van der Waals surface area contributed by atoms with Crippen molar-refractivity contribution >= 4 is 41.2 Å². The second-order valence-electron chi connectivity index (χ2n) is 36.4. The first-order chi connectivity index (χ1) is 42.7. The van der Waals surface area contributed by atoms with Gasteiger partial charge in [0.2, 0.25) is 11.8 Å². The van der Waals surface area contributed by atoms with Gasteiger partial charge in [-0.3, -0.25) is 24.0 Å². The lowest BCUT2D eigenvalue weighted by atomic mass is 9.32. The molecule has 0 bridgehead atoms. The van der Waals surface area contributed by atoms with Gasteiger partial charge < -0.3 is 31.2 Å². The summed E-state index contributed by atoms with van der Waals surface area (Å²) in [6.45, 7) is 45.8. The number of allylic oxidation sites excluding steroid dienone is 2. The van der Waals surface area contributed by atoms with E-state index in [-0.39, 0.29) is 83.7 Å². The number of ether oxygens (including phenoxy) is 2. The predicted molar refractivity (Wildman–Crippen MR) is 366 cm³/mol. The van der Waals surface area contributed by atoms with E-state index in [4.69, 9.17) is 15.2 Å². The maximum Gasteiger partial charge on any atom is 0.408 e. The van der Waals surface area contributed by atoms with E-state index in [0.717, 1.165) is 103 Å². The molecule has 10 fully saturated rings. The van der Waals surface area contributed by atoms with Crippen LogP contribution in [0.2, 0.25) is 0 Å². The van der Waals surface area contributed by atoms with Crippen LogP contribution in [0, 0.1) is 113 Å². The number of fused-ring (bicyclic) bond motifs is 14.